The fraction of sp³-hybridized carbons (Fsp3) is 0.562. The number of carbonyl (C=O) groups is 1. The molecule has 3 atom stereocenters. The first-order chi connectivity index (χ1) is 9.20. The van der Waals surface area contributed by atoms with Gasteiger partial charge in [-0.1, -0.05) is 43.7 Å². The van der Waals surface area contributed by atoms with Crippen LogP contribution in [0.5, 0.6) is 0 Å². The van der Waals surface area contributed by atoms with E-state index in [2.05, 4.69) is 17.4 Å². The summed E-state index contributed by atoms with van der Waals surface area (Å²) in [6, 6.07) is 10.4. The molecule has 3 unspecified atom stereocenters. The van der Waals surface area contributed by atoms with Crippen LogP contribution in [0.2, 0.25) is 0 Å². The molecule has 2 rings (SSSR count). The highest BCUT2D eigenvalue weighted by atomic mass is 16.4. The SMILES string of the molecule is CC(C(=O)O)C1CNCCCCC1c1ccccc1. The summed E-state index contributed by atoms with van der Waals surface area (Å²) < 4.78 is 0. The first kappa shape index (κ1) is 14.1. The number of nitrogens with one attached hydrogen (secondary N) is 1. The van der Waals surface area contributed by atoms with Gasteiger partial charge in [0.1, 0.15) is 0 Å². The summed E-state index contributed by atoms with van der Waals surface area (Å²) >= 11 is 0. The molecular formula is C16H23NO2. The second-order valence-corrected chi connectivity index (χ2v) is 5.51. The summed E-state index contributed by atoms with van der Waals surface area (Å²) in [6.07, 6.45) is 3.43. The summed E-state index contributed by atoms with van der Waals surface area (Å²) in [5, 5.41) is 12.7. The molecule has 1 aliphatic heterocycles. The highest BCUT2D eigenvalue weighted by Gasteiger charge is 2.32. The number of carboxylic acids is 1. The molecule has 1 heterocycles. The number of carboxylic acid groups (broad SMARTS) is 1. The van der Waals surface area contributed by atoms with Gasteiger partial charge < -0.3 is 10.4 Å². The Morgan fingerprint density at radius 3 is 2.74 bits per heavy atom. The zero-order valence-corrected chi connectivity index (χ0v) is 11.5. The molecule has 0 saturated carbocycles. The highest BCUT2D eigenvalue weighted by Crippen LogP contribution is 2.35. The molecule has 1 aromatic rings. The van der Waals surface area contributed by atoms with Crippen LogP contribution in [0.25, 0.3) is 0 Å². The van der Waals surface area contributed by atoms with Crippen LogP contribution >= 0.6 is 0 Å². The predicted octanol–water partition coefficient (Wildman–Crippen LogP) is 2.88. The maximum atomic E-state index is 11.3. The Labute approximate surface area is 115 Å². The molecule has 1 aromatic carbocycles. The standard InChI is InChI=1S/C16H23NO2/c1-12(16(18)19)15-11-17-10-6-5-9-14(15)13-7-3-2-4-8-13/h2-4,7-8,12,14-15,17H,5-6,9-11H2,1H3,(H,18,19). The number of aliphatic carboxylic acids is 1. The van der Waals surface area contributed by atoms with E-state index in [9.17, 15) is 9.90 Å². The Balaban J connectivity index is 2.24. The minimum absolute atomic E-state index is 0.167. The van der Waals surface area contributed by atoms with Gasteiger partial charge in [0.25, 0.3) is 0 Å². The lowest BCUT2D eigenvalue weighted by Gasteiger charge is -2.32. The maximum Gasteiger partial charge on any atom is 0.306 e. The van der Waals surface area contributed by atoms with Crippen molar-refractivity contribution >= 4 is 5.97 Å². The van der Waals surface area contributed by atoms with Gasteiger partial charge in [-0.3, -0.25) is 4.79 Å². The Morgan fingerprint density at radius 2 is 2.05 bits per heavy atom. The van der Waals surface area contributed by atoms with E-state index in [-0.39, 0.29) is 11.8 Å². The van der Waals surface area contributed by atoms with Gasteiger partial charge >= 0.3 is 5.97 Å². The van der Waals surface area contributed by atoms with Crippen molar-refractivity contribution in [2.24, 2.45) is 11.8 Å². The number of hydrogen-bond donors (Lipinski definition) is 2. The van der Waals surface area contributed by atoms with Crippen molar-refractivity contribution in [2.75, 3.05) is 13.1 Å². The van der Waals surface area contributed by atoms with Gasteiger partial charge in [-0.2, -0.15) is 0 Å². The van der Waals surface area contributed by atoms with Crippen molar-refractivity contribution in [1.29, 1.82) is 0 Å². The first-order valence-corrected chi connectivity index (χ1v) is 7.18. The van der Waals surface area contributed by atoms with E-state index in [1.165, 1.54) is 12.0 Å². The van der Waals surface area contributed by atoms with Crippen LogP contribution in [0.15, 0.2) is 30.3 Å². The molecule has 0 aromatic heterocycles. The van der Waals surface area contributed by atoms with Gasteiger partial charge in [-0.25, -0.2) is 0 Å². The third-order valence-electron chi connectivity index (χ3n) is 4.28. The van der Waals surface area contributed by atoms with Crippen LogP contribution in [0.1, 0.15) is 37.7 Å². The van der Waals surface area contributed by atoms with E-state index in [1.807, 2.05) is 25.1 Å². The fourth-order valence-corrected chi connectivity index (χ4v) is 3.06. The minimum atomic E-state index is -0.687. The molecular weight excluding hydrogens is 238 g/mol. The van der Waals surface area contributed by atoms with Gasteiger partial charge in [0.05, 0.1) is 5.92 Å². The van der Waals surface area contributed by atoms with E-state index >= 15 is 0 Å². The Morgan fingerprint density at radius 1 is 1.32 bits per heavy atom. The molecule has 3 heteroatoms. The zero-order valence-electron chi connectivity index (χ0n) is 11.5. The van der Waals surface area contributed by atoms with Crippen LogP contribution in [0, 0.1) is 11.8 Å². The van der Waals surface area contributed by atoms with Gasteiger partial charge in [-0.15, -0.1) is 0 Å². The van der Waals surface area contributed by atoms with E-state index in [4.69, 9.17) is 0 Å². The molecule has 2 N–H and O–H groups in total. The van der Waals surface area contributed by atoms with E-state index in [0.29, 0.717) is 5.92 Å². The van der Waals surface area contributed by atoms with Crippen LogP contribution in [0.4, 0.5) is 0 Å². The monoisotopic (exact) mass is 261 g/mol. The lowest BCUT2D eigenvalue weighted by atomic mass is 9.75. The van der Waals surface area contributed by atoms with Crippen molar-refractivity contribution in [2.45, 2.75) is 32.1 Å². The molecule has 0 bridgehead atoms. The molecule has 104 valence electrons. The highest BCUT2D eigenvalue weighted by molar-refractivity contribution is 5.70. The topological polar surface area (TPSA) is 49.3 Å². The van der Waals surface area contributed by atoms with Crippen molar-refractivity contribution in [3.8, 4) is 0 Å². The van der Waals surface area contributed by atoms with Crippen molar-refractivity contribution in [1.82, 2.24) is 5.32 Å². The van der Waals surface area contributed by atoms with Crippen molar-refractivity contribution in [3.05, 3.63) is 35.9 Å². The van der Waals surface area contributed by atoms with E-state index in [0.717, 1.165) is 25.9 Å². The number of benzene rings is 1. The van der Waals surface area contributed by atoms with E-state index < -0.39 is 5.97 Å². The maximum absolute atomic E-state index is 11.3. The smallest absolute Gasteiger partial charge is 0.306 e. The molecule has 1 aliphatic rings. The average Bonchev–Trinajstić information content (AvgIpc) is 2.39. The van der Waals surface area contributed by atoms with Gasteiger partial charge in [-0.05, 0) is 43.3 Å². The summed E-state index contributed by atoms with van der Waals surface area (Å²) in [5.74, 6) is -0.482. The molecule has 0 aliphatic carbocycles. The second-order valence-electron chi connectivity index (χ2n) is 5.51. The molecule has 1 fully saturated rings. The Kier molecular flexibility index (Phi) is 4.97. The average molecular weight is 261 g/mol. The van der Waals surface area contributed by atoms with Crippen molar-refractivity contribution in [3.63, 3.8) is 0 Å². The quantitative estimate of drug-likeness (QED) is 0.879. The molecule has 0 spiro atoms. The fourth-order valence-electron chi connectivity index (χ4n) is 3.06. The number of hydrogen-bond acceptors (Lipinski definition) is 2. The molecule has 0 radical (unpaired) electrons. The van der Waals surface area contributed by atoms with Gasteiger partial charge in [0.15, 0.2) is 0 Å². The largest absolute Gasteiger partial charge is 0.481 e. The minimum Gasteiger partial charge on any atom is -0.481 e. The second kappa shape index (κ2) is 6.71. The summed E-state index contributed by atoms with van der Waals surface area (Å²) in [7, 11) is 0. The third-order valence-corrected chi connectivity index (χ3v) is 4.28. The van der Waals surface area contributed by atoms with Crippen LogP contribution in [-0.2, 0) is 4.79 Å². The van der Waals surface area contributed by atoms with Crippen molar-refractivity contribution < 1.29 is 9.90 Å². The summed E-state index contributed by atoms with van der Waals surface area (Å²) in [4.78, 5) is 11.3. The Hall–Kier alpha value is -1.35. The summed E-state index contributed by atoms with van der Waals surface area (Å²) in [5.41, 5.74) is 1.28. The van der Waals surface area contributed by atoms with Crippen LogP contribution in [0.3, 0.4) is 0 Å². The normalized spacial score (nSPS) is 26.2. The lowest BCUT2D eigenvalue weighted by Crippen LogP contribution is -2.37. The molecule has 1 saturated heterocycles. The third kappa shape index (κ3) is 3.57. The first-order valence-electron chi connectivity index (χ1n) is 7.18. The summed E-state index contributed by atoms with van der Waals surface area (Å²) in [6.45, 7) is 3.64. The zero-order chi connectivity index (χ0) is 13.7. The Bertz CT molecular complexity index is 404. The lowest BCUT2D eigenvalue weighted by molar-refractivity contribution is -0.143. The molecule has 3 nitrogen and oxygen atoms in total. The van der Waals surface area contributed by atoms with Crippen LogP contribution < -0.4 is 5.32 Å². The number of rotatable bonds is 3. The van der Waals surface area contributed by atoms with Gasteiger partial charge in [0, 0.05) is 0 Å². The van der Waals surface area contributed by atoms with E-state index in [1.54, 1.807) is 0 Å². The van der Waals surface area contributed by atoms with Crippen LogP contribution in [-0.4, -0.2) is 24.2 Å². The molecule has 19 heavy (non-hydrogen) atoms. The molecule has 0 amide bonds. The predicted molar refractivity (Wildman–Crippen MR) is 76.2 cm³/mol. The van der Waals surface area contributed by atoms with Gasteiger partial charge in [0.2, 0.25) is 0 Å².